The van der Waals surface area contributed by atoms with Gasteiger partial charge in [0.05, 0.1) is 7.11 Å². The second kappa shape index (κ2) is 13.3. The summed E-state index contributed by atoms with van der Waals surface area (Å²) in [5.41, 5.74) is 1.33. The molecule has 7 heteroatoms. The van der Waals surface area contributed by atoms with Gasteiger partial charge < -0.3 is 14.8 Å². The third-order valence-corrected chi connectivity index (χ3v) is 5.12. The van der Waals surface area contributed by atoms with Crippen LogP contribution in [0.25, 0.3) is 6.08 Å². The zero-order chi connectivity index (χ0) is 22.6. The van der Waals surface area contributed by atoms with E-state index in [0.717, 1.165) is 32.5 Å². The molecular weight excluding hydrogens is 435 g/mol. The minimum Gasteiger partial charge on any atom is -0.493 e. The van der Waals surface area contributed by atoms with Gasteiger partial charge in [0, 0.05) is 34.4 Å². The molecule has 0 aliphatic rings. The van der Waals surface area contributed by atoms with Crippen molar-refractivity contribution < 1.29 is 14.3 Å². The molecule has 0 aliphatic carbocycles. The van der Waals surface area contributed by atoms with Crippen LogP contribution in [0.3, 0.4) is 0 Å². The van der Waals surface area contributed by atoms with Gasteiger partial charge in [0.25, 0.3) is 0 Å². The molecule has 31 heavy (non-hydrogen) atoms. The fourth-order valence-corrected chi connectivity index (χ4v) is 3.58. The van der Waals surface area contributed by atoms with E-state index < -0.39 is 0 Å². The number of hydrogen-bond acceptors (Lipinski definition) is 4. The van der Waals surface area contributed by atoms with Crippen molar-refractivity contribution in [2.24, 2.45) is 0 Å². The Bertz CT molecular complexity index is 881. The van der Waals surface area contributed by atoms with E-state index in [1.165, 1.54) is 6.08 Å². The van der Waals surface area contributed by atoms with Crippen molar-refractivity contribution in [3.63, 3.8) is 0 Å². The van der Waals surface area contributed by atoms with Crippen LogP contribution in [-0.2, 0) is 4.79 Å². The van der Waals surface area contributed by atoms with Gasteiger partial charge in [-0.05, 0) is 61.8 Å². The van der Waals surface area contributed by atoms with Crippen LogP contribution in [0.5, 0.6) is 11.5 Å². The molecule has 2 aromatic carbocycles. The molecule has 0 spiro atoms. The molecule has 0 bridgehead atoms. The fourth-order valence-electron chi connectivity index (χ4n) is 3.11. The first-order chi connectivity index (χ1) is 15.0. The van der Waals surface area contributed by atoms with E-state index in [1.807, 2.05) is 0 Å². The smallest absolute Gasteiger partial charge is 0.248 e. The minimum atomic E-state index is -0.279. The maximum Gasteiger partial charge on any atom is 0.248 e. The van der Waals surface area contributed by atoms with Gasteiger partial charge in [-0.3, -0.25) is 9.69 Å². The summed E-state index contributed by atoms with van der Waals surface area (Å²) >= 11 is 12.0. The Morgan fingerprint density at radius 3 is 2.42 bits per heavy atom. The first-order valence-electron chi connectivity index (χ1n) is 10.4. The Kier molecular flexibility index (Phi) is 10.7. The maximum atomic E-state index is 12.3. The summed E-state index contributed by atoms with van der Waals surface area (Å²) in [6.45, 7) is 7.83. The largest absolute Gasteiger partial charge is 0.493 e. The summed E-state index contributed by atoms with van der Waals surface area (Å²) in [5, 5.41) is 3.86. The van der Waals surface area contributed by atoms with Crippen molar-refractivity contribution in [3.8, 4) is 11.5 Å². The Morgan fingerprint density at radius 1 is 1.03 bits per heavy atom. The summed E-state index contributed by atoms with van der Waals surface area (Å²) in [4.78, 5) is 14.7. The van der Waals surface area contributed by atoms with E-state index >= 15 is 0 Å². The quantitative estimate of drug-likeness (QED) is 0.382. The first-order valence-corrected chi connectivity index (χ1v) is 11.2. The lowest BCUT2D eigenvalue weighted by atomic mass is 10.2. The second-order valence-electron chi connectivity index (χ2n) is 7.04. The molecule has 0 heterocycles. The van der Waals surface area contributed by atoms with Gasteiger partial charge in [0.2, 0.25) is 5.91 Å². The second-order valence-corrected chi connectivity index (χ2v) is 7.89. The van der Waals surface area contributed by atoms with Crippen LogP contribution in [0, 0.1) is 0 Å². The SMILES string of the molecule is CCCN(CCC)CCOc1cc(NC(=O)C=Cc2ccc(Cl)cc2Cl)ccc1OC. The van der Waals surface area contributed by atoms with Crippen molar-refractivity contribution in [3.05, 3.63) is 58.1 Å². The molecule has 0 unspecified atom stereocenters. The van der Waals surface area contributed by atoms with Gasteiger partial charge in [-0.2, -0.15) is 0 Å². The molecule has 2 rings (SSSR count). The number of anilines is 1. The number of ether oxygens (including phenoxy) is 2. The van der Waals surface area contributed by atoms with Gasteiger partial charge >= 0.3 is 0 Å². The number of halogens is 2. The van der Waals surface area contributed by atoms with Gasteiger partial charge in [-0.25, -0.2) is 0 Å². The molecule has 0 saturated carbocycles. The van der Waals surface area contributed by atoms with Crippen LogP contribution < -0.4 is 14.8 Å². The number of hydrogen-bond donors (Lipinski definition) is 1. The van der Waals surface area contributed by atoms with Crippen LogP contribution in [0.15, 0.2) is 42.5 Å². The van der Waals surface area contributed by atoms with Crippen molar-refractivity contribution in [2.75, 3.05) is 38.7 Å². The number of nitrogens with zero attached hydrogens (tertiary/aromatic N) is 1. The lowest BCUT2D eigenvalue weighted by molar-refractivity contribution is -0.111. The average Bonchev–Trinajstić information content (AvgIpc) is 2.73. The van der Waals surface area contributed by atoms with Gasteiger partial charge in [0.1, 0.15) is 6.61 Å². The third-order valence-electron chi connectivity index (χ3n) is 4.55. The van der Waals surface area contributed by atoms with E-state index in [4.69, 9.17) is 32.7 Å². The molecule has 0 radical (unpaired) electrons. The number of nitrogens with one attached hydrogen (secondary N) is 1. The Morgan fingerprint density at radius 2 is 1.77 bits per heavy atom. The van der Waals surface area contributed by atoms with Crippen LogP contribution in [0.1, 0.15) is 32.3 Å². The summed E-state index contributed by atoms with van der Waals surface area (Å²) in [7, 11) is 1.60. The van der Waals surface area contributed by atoms with E-state index in [2.05, 4.69) is 24.1 Å². The highest BCUT2D eigenvalue weighted by Crippen LogP contribution is 2.30. The molecule has 1 N–H and O–H groups in total. The fraction of sp³-hybridized carbons (Fsp3) is 0.375. The van der Waals surface area contributed by atoms with Crippen molar-refractivity contribution in [2.45, 2.75) is 26.7 Å². The molecule has 0 atom stereocenters. The van der Waals surface area contributed by atoms with Crippen molar-refractivity contribution in [1.29, 1.82) is 0 Å². The van der Waals surface area contributed by atoms with Crippen LogP contribution in [0.4, 0.5) is 5.69 Å². The molecule has 2 aromatic rings. The number of amides is 1. The van der Waals surface area contributed by atoms with Crippen molar-refractivity contribution >= 4 is 40.9 Å². The molecule has 168 valence electrons. The monoisotopic (exact) mass is 464 g/mol. The van der Waals surface area contributed by atoms with Gasteiger partial charge in [-0.1, -0.05) is 43.1 Å². The predicted molar refractivity (Wildman–Crippen MR) is 130 cm³/mol. The van der Waals surface area contributed by atoms with E-state index in [0.29, 0.717) is 39.4 Å². The molecule has 0 aliphatic heterocycles. The van der Waals surface area contributed by atoms with Crippen molar-refractivity contribution in [1.82, 2.24) is 4.90 Å². The highest BCUT2D eigenvalue weighted by molar-refractivity contribution is 6.35. The highest BCUT2D eigenvalue weighted by atomic mass is 35.5. The van der Waals surface area contributed by atoms with Crippen LogP contribution in [-0.4, -0.2) is 44.2 Å². The third kappa shape index (κ3) is 8.44. The van der Waals surface area contributed by atoms with Crippen LogP contribution >= 0.6 is 23.2 Å². The van der Waals surface area contributed by atoms with E-state index in [9.17, 15) is 4.79 Å². The lowest BCUT2D eigenvalue weighted by Crippen LogP contribution is -2.30. The molecule has 0 aromatic heterocycles. The lowest BCUT2D eigenvalue weighted by Gasteiger charge is -2.21. The molecule has 0 saturated heterocycles. The zero-order valence-corrected chi connectivity index (χ0v) is 19.8. The molecule has 1 amide bonds. The summed E-state index contributed by atoms with van der Waals surface area (Å²) in [6.07, 6.45) is 5.29. The number of rotatable bonds is 12. The van der Waals surface area contributed by atoms with Crippen LogP contribution in [0.2, 0.25) is 10.0 Å². The normalized spacial score (nSPS) is 11.2. The number of benzene rings is 2. The topological polar surface area (TPSA) is 50.8 Å². The highest BCUT2D eigenvalue weighted by Gasteiger charge is 2.09. The average molecular weight is 465 g/mol. The molecular formula is C24H30Cl2N2O3. The minimum absolute atomic E-state index is 0.279. The van der Waals surface area contributed by atoms with Gasteiger partial charge in [0.15, 0.2) is 11.5 Å². The Labute approximate surface area is 194 Å². The summed E-state index contributed by atoms with van der Waals surface area (Å²) < 4.78 is 11.4. The first kappa shape index (κ1) is 25.1. The predicted octanol–water partition coefficient (Wildman–Crippen LogP) is 6.15. The number of carbonyl (C=O) groups is 1. The number of carbonyl (C=O) groups excluding carboxylic acids is 1. The Hall–Kier alpha value is -2.21. The maximum absolute atomic E-state index is 12.3. The van der Waals surface area contributed by atoms with E-state index in [1.54, 1.807) is 49.6 Å². The summed E-state index contributed by atoms with van der Waals surface area (Å²) in [5.74, 6) is 0.941. The van der Waals surface area contributed by atoms with Gasteiger partial charge in [-0.15, -0.1) is 0 Å². The molecule has 0 fully saturated rings. The van der Waals surface area contributed by atoms with E-state index in [-0.39, 0.29) is 5.91 Å². The standard InChI is InChI=1S/C24H30Cl2N2O3/c1-4-12-28(13-5-2)14-15-31-23-17-20(9-10-22(23)30-3)27-24(29)11-7-18-6-8-19(25)16-21(18)26/h6-11,16-17H,4-5,12-15H2,1-3H3,(H,27,29). The Balaban J connectivity index is 2.00. The summed E-state index contributed by atoms with van der Waals surface area (Å²) in [6, 6.07) is 10.4. The zero-order valence-electron chi connectivity index (χ0n) is 18.3. The number of methoxy groups -OCH3 is 1. The molecule has 5 nitrogen and oxygen atoms in total.